The molecule has 1 saturated carbocycles. The van der Waals surface area contributed by atoms with E-state index in [1.165, 1.54) is 31.4 Å². The molecule has 21 heavy (non-hydrogen) atoms. The second kappa shape index (κ2) is 7.16. The van der Waals surface area contributed by atoms with Crippen LogP contribution in [0.4, 0.5) is 13.2 Å². The maximum Gasteiger partial charge on any atom is 0.419 e. The van der Waals surface area contributed by atoms with Crippen LogP contribution in [-0.4, -0.2) is 18.7 Å². The van der Waals surface area contributed by atoms with Gasteiger partial charge in [0.2, 0.25) is 0 Å². The average molecular weight is 301 g/mol. The van der Waals surface area contributed by atoms with Crippen LogP contribution in [0.25, 0.3) is 0 Å². The highest BCUT2D eigenvalue weighted by Crippen LogP contribution is 2.36. The molecule has 0 aromatic heterocycles. The minimum Gasteiger partial charge on any atom is -0.489 e. The van der Waals surface area contributed by atoms with Crippen LogP contribution in [-0.2, 0) is 6.18 Å². The van der Waals surface area contributed by atoms with E-state index in [2.05, 4.69) is 5.32 Å². The molecule has 5 heteroatoms. The normalized spacial score (nSPS) is 18.5. The first-order valence-corrected chi connectivity index (χ1v) is 7.53. The molecule has 0 heterocycles. The molecule has 1 unspecified atom stereocenters. The van der Waals surface area contributed by atoms with Gasteiger partial charge in [-0.15, -0.1) is 0 Å². The van der Waals surface area contributed by atoms with Crippen molar-refractivity contribution in [3.05, 3.63) is 29.8 Å². The Labute approximate surface area is 123 Å². The molecular weight excluding hydrogens is 279 g/mol. The first-order chi connectivity index (χ1) is 9.97. The number of rotatable bonds is 5. The molecule has 0 radical (unpaired) electrons. The first-order valence-electron chi connectivity index (χ1n) is 7.53. The van der Waals surface area contributed by atoms with Crippen molar-refractivity contribution in [1.82, 2.24) is 5.32 Å². The van der Waals surface area contributed by atoms with Gasteiger partial charge in [0.15, 0.2) is 0 Å². The number of hydrogen-bond acceptors (Lipinski definition) is 2. The Morgan fingerprint density at radius 2 is 1.86 bits per heavy atom. The molecule has 1 aromatic rings. The molecule has 0 saturated heterocycles. The summed E-state index contributed by atoms with van der Waals surface area (Å²) in [5, 5.41) is 3.39. The van der Waals surface area contributed by atoms with E-state index in [1.807, 2.05) is 0 Å². The van der Waals surface area contributed by atoms with Gasteiger partial charge in [0.1, 0.15) is 11.9 Å². The summed E-state index contributed by atoms with van der Waals surface area (Å²) in [5.74, 6) is -0.0945. The van der Waals surface area contributed by atoms with E-state index in [1.54, 1.807) is 13.0 Å². The number of halogens is 3. The number of benzene rings is 1. The molecule has 1 atom stereocenters. The smallest absolute Gasteiger partial charge is 0.419 e. The fraction of sp³-hybridized carbons (Fsp3) is 0.625. The molecule has 0 amide bonds. The van der Waals surface area contributed by atoms with Crippen LogP contribution < -0.4 is 10.1 Å². The minimum absolute atomic E-state index is 0.0945. The summed E-state index contributed by atoms with van der Waals surface area (Å²) >= 11 is 0. The summed E-state index contributed by atoms with van der Waals surface area (Å²) in [6, 6.07) is 5.84. The van der Waals surface area contributed by atoms with E-state index < -0.39 is 11.7 Å². The zero-order chi connectivity index (χ0) is 15.3. The lowest BCUT2D eigenvalue weighted by molar-refractivity contribution is -0.139. The van der Waals surface area contributed by atoms with Crippen LogP contribution in [0.3, 0.4) is 0 Å². The third kappa shape index (κ3) is 4.92. The average Bonchev–Trinajstić information content (AvgIpc) is 2.46. The number of ether oxygens (including phenoxy) is 1. The zero-order valence-electron chi connectivity index (χ0n) is 12.2. The second-order valence-corrected chi connectivity index (χ2v) is 5.67. The van der Waals surface area contributed by atoms with Crippen molar-refractivity contribution in [3.8, 4) is 5.75 Å². The van der Waals surface area contributed by atoms with E-state index >= 15 is 0 Å². The number of alkyl halides is 3. The Morgan fingerprint density at radius 3 is 2.52 bits per heavy atom. The molecule has 1 aliphatic rings. The predicted molar refractivity (Wildman–Crippen MR) is 76.4 cm³/mol. The Morgan fingerprint density at radius 1 is 1.19 bits per heavy atom. The van der Waals surface area contributed by atoms with Crippen LogP contribution in [0.2, 0.25) is 0 Å². The Bertz CT molecular complexity index is 441. The first kappa shape index (κ1) is 16.1. The van der Waals surface area contributed by atoms with E-state index in [0.29, 0.717) is 12.6 Å². The van der Waals surface area contributed by atoms with Crippen molar-refractivity contribution >= 4 is 0 Å². The highest BCUT2D eigenvalue weighted by Gasteiger charge is 2.34. The summed E-state index contributed by atoms with van der Waals surface area (Å²) < 4.78 is 44.1. The molecule has 1 N–H and O–H groups in total. The molecule has 0 spiro atoms. The van der Waals surface area contributed by atoms with Gasteiger partial charge in [0, 0.05) is 12.6 Å². The van der Waals surface area contributed by atoms with Crippen LogP contribution in [0.15, 0.2) is 24.3 Å². The van der Waals surface area contributed by atoms with Crippen molar-refractivity contribution in [3.63, 3.8) is 0 Å². The standard InChI is InChI=1S/C16H22F3NO/c1-12(11-20-13-7-3-2-4-8-13)21-15-10-6-5-9-14(15)16(17,18)19/h5-6,9-10,12-13,20H,2-4,7-8,11H2,1H3. The fourth-order valence-electron chi connectivity index (χ4n) is 2.70. The van der Waals surface area contributed by atoms with Crippen molar-refractivity contribution in [1.29, 1.82) is 0 Å². The zero-order valence-corrected chi connectivity index (χ0v) is 12.2. The van der Waals surface area contributed by atoms with Crippen LogP contribution in [0.5, 0.6) is 5.75 Å². The van der Waals surface area contributed by atoms with E-state index in [4.69, 9.17) is 4.74 Å². The molecule has 1 aromatic carbocycles. The van der Waals surface area contributed by atoms with Crippen LogP contribution >= 0.6 is 0 Å². The van der Waals surface area contributed by atoms with E-state index in [-0.39, 0.29) is 11.9 Å². The van der Waals surface area contributed by atoms with Gasteiger partial charge in [-0.2, -0.15) is 13.2 Å². The SMILES string of the molecule is CC(CNC1CCCCC1)Oc1ccccc1C(F)(F)F. The summed E-state index contributed by atoms with van der Waals surface area (Å²) in [6.45, 7) is 2.36. The van der Waals surface area contributed by atoms with Crippen molar-refractivity contribution in [2.24, 2.45) is 0 Å². The van der Waals surface area contributed by atoms with E-state index in [9.17, 15) is 13.2 Å². The molecule has 1 aliphatic carbocycles. The van der Waals surface area contributed by atoms with Gasteiger partial charge in [-0.3, -0.25) is 0 Å². The Hall–Kier alpha value is -1.23. The largest absolute Gasteiger partial charge is 0.489 e. The number of nitrogens with one attached hydrogen (secondary N) is 1. The maximum absolute atomic E-state index is 12.9. The minimum atomic E-state index is -4.38. The van der Waals surface area contributed by atoms with Crippen molar-refractivity contribution in [2.75, 3.05) is 6.54 Å². The third-order valence-corrected chi connectivity index (χ3v) is 3.82. The van der Waals surface area contributed by atoms with Gasteiger partial charge in [0.05, 0.1) is 5.56 Å². The van der Waals surface area contributed by atoms with Crippen molar-refractivity contribution in [2.45, 2.75) is 57.3 Å². The van der Waals surface area contributed by atoms with Gasteiger partial charge in [-0.25, -0.2) is 0 Å². The lowest BCUT2D eigenvalue weighted by atomic mass is 9.95. The monoisotopic (exact) mass is 301 g/mol. The van der Waals surface area contributed by atoms with Gasteiger partial charge in [-0.05, 0) is 31.9 Å². The summed E-state index contributed by atoms with van der Waals surface area (Å²) in [6.07, 6.45) is 1.34. The van der Waals surface area contributed by atoms with Gasteiger partial charge >= 0.3 is 6.18 Å². The number of hydrogen-bond donors (Lipinski definition) is 1. The van der Waals surface area contributed by atoms with Gasteiger partial charge in [-0.1, -0.05) is 31.4 Å². The van der Waals surface area contributed by atoms with Gasteiger partial charge in [0.25, 0.3) is 0 Å². The molecule has 2 rings (SSSR count). The lowest BCUT2D eigenvalue weighted by Gasteiger charge is -2.25. The highest BCUT2D eigenvalue weighted by atomic mass is 19.4. The lowest BCUT2D eigenvalue weighted by Crippen LogP contribution is -2.38. The number of para-hydroxylation sites is 1. The third-order valence-electron chi connectivity index (χ3n) is 3.82. The molecular formula is C16H22F3NO. The van der Waals surface area contributed by atoms with Crippen LogP contribution in [0.1, 0.15) is 44.6 Å². The second-order valence-electron chi connectivity index (χ2n) is 5.67. The predicted octanol–water partition coefficient (Wildman–Crippen LogP) is 4.40. The van der Waals surface area contributed by atoms with Gasteiger partial charge < -0.3 is 10.1 Å². The topological polar surface area (TPSA) is 21.3 Å². The summed E-state index contributed by atoms with van der Waals surface area (Å²) in [5.41, 5.74) is -0.713. The van der Waals surface area contributed by atoms with Crippen molar-refractivity contribution < 1.29 is 17.9 Å². The summed E-state index contributed by atoms with van der Waals surface area (Å²) in [7, 11) is 0. The van der Waals surface area contributed by atoms with Crippen LogP contribution in [0, 0.1) is 0 Å². The molecule has 2 nitrogen and oxygen atoms in total. The highest BCUT2D eigenvalue weighted by molar-refractivity contribution is 5.35. The quantitative estimate of drug-likeness (QED) is 0.870. The summed E-state index contributed by atoms with van der Waals surface area (Å²) in [4.78, 5) is 0. The molecule has 0 bridgehead atoms. The Kier molecular flexibility index (Phi) is 5.51. The molecule has 1 fully saturated rings. The Balaban J connectivity index is 1.89. The molecule has 118 valence electrons. The maximum atomic E-state index is 12.9. The van der Waals surface area contributed by atoms with E-state index in [0.717, 1.165) is 18.9 Å². The fourth-order valence-corrected chi connectivity index (χ4v) is 2.70. The molecule has 0 aliphatic heterocycles.